The average Bonchev–Trinajstić information content (AvgIpc) is 2.36. The van der Waals surface area contributed by atoms with Crippen LogP contribution in [0.3, 0.4) is 0 Å². The number of rotatable bonds is 0. The Balaban J connectivity index is 2.70. The topological polar surface area (TPSA) is 12.0 Å². The van der Waals surface area contributed by atoms with Crippen molar-refractivity contribution in [1.29, 1.82) is 0 Å². The molecule has 0 saturated carbocycles. The molecule has 70 valence electrons. The first-order valence-corrected chi connectivity index (χ1v) is 4.87. The predicted octanol–water partition coefficient (Wildman–Crippen LogP) is 3.01. The summed E-state index contributed by atoms with van der Waals surface area (Å²) in [5.74, 6) is 0. The van der Waals surface area contributed by atoms with E-state index in [1.807, 2.05) is 0 Å². The molecule has 0 fully saturated rings. The zero-order valence-electron chi connectivity index (χ0n) is 8.86. The van der Waals surface area contributed by atoms with Gasteiger partial charge in [0, 0.05) is 17.6 Å². The first-order chi connectivity index (χ1) is 6.02. The Morgan fingerprint density at radius 2 is 1.77 bits per heavy atom. The molecule has 0 unspecified atom stereocenters. The van der Waals surface area contributed by atoms with Gasteiger partial charge in [0.2, 0.25) is 0 Å². The SMILES string of the molecule is Cc1ccc(C)c2c1NCC2(C)C. The summed E-state index contributed by atoms with van der Waals surface area (Å²) in [6.45, 7) is 10.0. The number of nitrogens with one attached hydrogen (secondary N) is 1. The van der Waals surface area contributed by atoms with Gasteiger partial charge in [0.25, 0.3) is 0 Å². The molecule has 0 aromatic heterocycles. The summed E-state index contributed by atoms with van der Waals surface area (Å²) < 4.78 is 0. The number of aryl methyl sites for hydroxylation is 2. The molecule has 1 aromatic rings. The van der Waals surface area contributed by atoms with E-state index in [0.29, 0.717) is 5.41 Å². The van der Waals surface area contributed by atoms with Crippen LogP contribution >= 0.6 is 0 Å². The van der Waals surface area contributed by atoms with Crippen LogP contribution in [0.2, 0.25) is 0 Å². The van der Waals surface area contributed by atoms with Gasteiger partial charge in [0.1, 0.15) is 0 Å². The van der Waals surface area contributed by atoms with E-state index in [1.54, 1.807) is 0 Å². The maximum Gasteiger partial charge on any atom is 0.0411 e. The lowest BCUT2D eigenvalue weighted by atomic mass is 9.83. The minimum Gasteiger partial charge on any atom is -0.384 e. The van der Waals surface area contributed by atoms with E-state index >= 15 is 0 Å². The lowest BCUT2D eigenvalue weighted by Gasteiger charge is -2.19. The van der Waals surface area contributed by atoms with E-state index in [-0.39, 0.29) is 0 Å². The van der Waals surface area contributed by atoms with Crippen LogP contribution in [0.4, 0.5) is 5.69 Å². The molecule has 2 rings (SSSR count). The fraction of sp³-hybridized carbons (Fsp3) is 0.500. The molecule has 0 bridgehead atoms. The second-order valence-electron chi connectivity index (χ2n) is 4.69. The predicted molar refractivity (Wildman–Crippen MR) is 57.4 cm³/mol. The van der Waals surface area contributed by atoms with Crippen molar-refractivity contribution in [2.45, 2.75) is 33.1 Å². The lowest BCUT2D eigenvalue weighted by Crippen LogP contribution is -2.19. The molecule has 1 aliphatic rings. The Kier molecular flexibility index (Phi) is 1.66. The zero-order valence-corrected chi connectivity index (χ0v) is 8.86. The van der Waals surface area contributed by atoms with Crippen LogP contribution in [0.25, 0.3) is 0 Å². The average molecular weight is 175 g/mol. The molecule has 13 heavy (non-hydrogen) atoms. The number of fused-ring (bicyclic) bond motifs is 1. The molecule has 1 aromatic carbocycles. The number of anilines is 1. The van der Waals surface area contributed by atoms with Gasteiger partial charge in [-0.3, -0.25) is 0 Å². The van der Waals surface area contributed by atoms with Gasteiger partial charge >= 0.3 is 0 Å². The number of benzene rings is 1. The van der Waals surface area contributed by atoms with Gasteiger partial charge in [-0.05, 0) is 30.5 Å². The van der Waals surface area contributed by atoms with Gasteiger partial charge < -0.3 is 5.32 Å². The van der Waals surface area contributed by atoms with Crippen molar-refractivity contribution < 1.29 is 0 Å². The highest BCUT2D eigenvalue weighted by Crippen LogP contribution is 2.40. The molecule has 0 spiro atoms. The van der Waals surface area contributed by atoms with E-state index in [4.69, 9.17) is 0 Å². The summed E-state index contributed by atoms with van der Waals surface area (Å²) in [7, 11) is 0. The summed E-state index contributed by atoms with van der Waals surface area (Å²) in [5.41, 5.74) is 5.95. The second-order valence-corrected chi connectivity index (χ2v) is 4.69. The van der Waals surface area contributed by atoms with Gasteiger partial charge in [-0.1, -0.05) is 26.0 Å². The molecule has 0 aliphatic carbocycles. The summed E-state index contributed by atoms with van der Waals surface area (Å²) in [4.78, 5) is 0. The summed E-state index contributed by atoms with van der Waals surface area (Å²) >= 11 is 0. The largest absolute Gasteiger partial charge is 0.384 e. The standard InChI is InChI=1S/C12H17N/c1-8-5-6-9(2)11-10(8)12(3,4)7-13-11/h5-6,13H,7H2,1-4H3. The Hall–Kier alpha value is -0.980. The maximum atomic E-state index is 3.50. The smallest absolute Gasteiger partial charge is 0.0411 e. The first-order valence-electron chi connectivity index (χ1n) is 4.87. The fourth-order valence-corrected chi connectivity index (χ4v) is 2.31. The summed E-state index contributed by atoms with van der Waals surface area (Å²) in [6.07, 6.45) is 0. The van der Waals surface area contributed by atoms with Gasteiger partial charge in [0.15, 0.2) is 0 Å². The van der Waals surface area contributed by atoms with Crippen LogP contribution in [0.1, 0.15) is 30.5 Å². The van der Waals surface area contributed by atoms with Crippen molar-refractivity contribution >= 4 is 5.69 Å². The molecule has 0 atom stereocenters. The highest BCUT2D eigenvalue weighted by molar-refractivity contribution is 5.66. The molecule has 1 heteroatoms. The Morgan fingerprint density at radius 3 is 2.38 bits per heavy atom. The summed E-state index contributed by atoms with van der Waals surface area (Å²) in [5, 5.41) is 3.50. The minimum absolute atomic E-state index is 0.297. The molecule has 1 aliphatic heterocycles. The van der Waals surface area contributed by atoms with Crippen LogP contribution in [-0.2, 0) is 5.41 Å². The molecule has 1 heterocycles. The monoisotopic (exact) mass is 175 g/mol. The Bertz CT molecular complexity index is 350. The maximum absolute atomic E-state index is 3.50. The van der Waals surface area contributed by atoms with E-state index in [0.717, 1.165) is 6.54 Å². The van der Waals surface area contributed by atoms with Gasteiger partial charge in [-0.25, -0.2) is 0 Å². The van der Waals surface area contributed by atoms with Crippen molar-refractivity contribution in [1.82, 2.24) is 0 Å². The third-order valence-electron chi connectivity index (χ3n) is 3.01. The van der Waals surface area contributed by atoms with Gasteiger partial charge in [0.05, 0.1) is 0 Å². The van der Waals surface area contributed by atoms with E-state index in [2.05, 4.69) is 45.1 Å². The lowest BCUT2D eigenvalue weighted by molar-refractivity contribution is 0.583. The summed E-state index contributed by atoms with van der Waals surface area (Å²) in [6, 6.07) is 4.42. The van der Waals surface area contributed by atoms with Gasteiger partial charge in [-0.15, -0.1) is 0 Å². The van der Waals surface area contributed by atoms with Crippen molar-refractivity contribution in [3.05, 3.63) is 28.8 Å². The van der Waals surface area contributed by atoms with E-state index in [9.17, 15) is 0 Å². The highest BCUT2D eigenvalue weighted by atomic mass is 14.9. The van der Waals surface area contributed by atoms with E-state index < -0.39 is 0 Å². The molecule has 0 amide bonds. The highest BCUT2D eigenvalue weighted by Gasteiger charge is 2.31. The van der Waals surface area contributed by atoms with Crippen molar-refractivity contribution in [3.8, 4) is 0 Å². The molecule has 0 radical (unpaired) electrons. The van der Waals surface area contributed by atoms with Crippen LogP contribution in [-0.4, -0.2) is 6.54 Å². The quantitative estimate of drug-likeness (QED) is 0.639. The molecule has 0 saturated heterocycles. The fourth-order valence-electron chi connectivity index (χ4n) is 2.31. The van der Waals surface area contributed by atoms with Crippen LogP contribution < -0.4 is 5.32 Å². The Morgan fingerprint density at radius 1 is 1.15 bits per heavy atom. The van der Waals surface area contributed by atoms with Gasteiger partial charge in [-0.2, -0.15) is 0 Å². The number of hydrogen-bond acceptors (Lipinski definition) is 1. The third-order valence-corrected chi connectivity index (χ3v) is 3.01. The van der Waals surface area contributed by atoms with Crippen LogP contribution in [0.15, 0.2) is 12.1 Å². The molecule has 1 nitrogen and oxygen atoms in total. The second kappa shape index (κ2) is 2.50. The first kappa shape index (κ1) is 8.61. The minimum atomic E-state index is 0.297. The number of hydrogen-bond donors (Lipinski definition) is 1. The van der Waals surface area contributed by atoms with Crippen LogP contribution in [0.5, 0.6) is 0 Å². The molecule has 1 N–H and O–H groups in total. The Labute approximate surface area is 80.2 Å². The van der Waals surface area contributed by atoms with Crippen molar-refractivity contribution in [2.24, 2.45) is 0 Å². The van der Waals surface area contributed by atoms with Crippen LogP contribution in [0, 0.1) is 13.8 Å². The zero-order chi connectivity index (χ0) is 9.64. The van der Waals surface area contributed by atoms with Crippen molar-refractivity contribution in [2.75, 3.05) is 11.9 Å². The molecular weight excluding hydrogens is 158 g/mol. The third kappa shape index (κ3) is 1.14. The normalized spacial score (nSPS) is 18.2. The van der Waals surface area contributed by atoms with Crippen molar-refractivity contribution in [3.63, 3.8) is 0 Å². The molecular formula is C12H17N. The van der Waals surface area contributed by atoms with E-state index in [1.165, 1.54) is 22.4 Å².